The molecule has 4 nitrogen and oxygen atoms in total. The van der Waals surface area contributed by atoms with Crippen LogP contribution in [-0.4, -0.2) is 43.0 Å². The van der Waals surface area contributed by atoms with E-state index in [0.717, 1.165) is 16.6 Å². The number of carbonyl (C=O) groups is 1. The third-order valence-electron chi connectivity index (χ3n) is 4.20. The number of benzene rings is 2. The van der Waals surface area contributed by atoms with Gasteiger partial charge in [0.25, 0.3) is 5.91 Å². The van der Waals surface area contributed by atoms with Crippen LogP contribution in [0.5, 0.6) is 0 Å². The molecule has 136 valence electrons. The van der Waals surface area contributed by atoms with E-state index < -0.39 is 5.82 Å². The lowest BCUT2D eigenvalue weighted by Crippen LogP contribution is -2.37. The molecule has 3 rings (SSSR count). The molecule has 2 aromatic carbocycles. The summed E-state index contributed by atoms with van der Waals surface area (Å²) in [7, 11) is 3.88. The Labute approximate surface area is 156 Å². The number of aryl methyl sites for hydroxylation is 1. The summed E-state index contributed by atoms with van der Waals surface area (Å²) in [5.41, 5.74) is 2.16. The van der Waals surface area contributed by atoms with E-state index in [1.165, 1.54) is 29.0 Å². The van der Waals surface area contributed by atoms with Crippen LogP contribution in [0.2, 0.25) is 0 Å². The summed E-state index contributed by atoms with van der Waals surface area (Å²) < 4.78 is 15.2. The highest BCUT2D eigenvalue weighted by atomic mass is 32.1. The van der Waals surface area contributed by atoms with Crippen molar-refractivity contribution in [3.8, 4) is 0 Å². The Hall–Kier alpha value is -2.31. The number of amides is 1. The minimum absolute atomic E-state index is 0.0692. The molecule has 0 atom stereocenters. The highest BCUT2D eigenvalue weighted by molar-refractivity contribution is 7.22. The van der Waals surface area contributed by atoms with Gasteiger partial charge in [-0.1, -0.05) is 36.5 Å². The molecule has 0 saturated heterocycles. The van der Waals surface area contributed by atoms with Gasteiger partial charge in [0.15, 0.2) is 5.13 Å². The Morgan fingerprint density at radius 1 is 1.15 bits per heavy atom. The van der Waals surface area contributed by atoms with E-state index in [1.54, 1.807) is 17.0 Å². The molecule has 0 radical (unpaired) electrons. The van der Waals surface area contributed by atoms with Crippen molar-refractivity contribution in [1.82, 2.24) is 9.88 Å². The standard InChI is InChI=1S/C20H22FN3OS/c1-4-14-9-10-17-18(13-14)26-20(22-17)24(12-11-23(2)3)19(25)15-7-5-6-8-16(15)21/h5-10,13H,4,11-12H2,1-3H3. The van der Waals surface area contributed by atoms with Gasteiger partial charge in [-0.15, -0.1) is 0 Å². The van der Waals surface area contributed by atoms with E-state index in [0.29, 0.717) is 18.2 Å². The predicted octanol–water partition coefficient (Wildman–Crippen LogP) is 4.21. The van der Waals surface area contributed by atoms with Gasteiger partial charge in [-0.25, -0.2) is 9.37 Å². The monoisotopic (exact) mass is 371 g/mol. The summed E-state index contributed by atoms with van der Waals surface area (Å²) in [5.74, 6) is -0.874. The number of fused-ring (bicyclic) bond motifs is 1. The van der Waals surface area contributed by atoms with Crippen LogP contribution >= 0.6 is 11.3 Å². The summed E-state index contributed by atoms with van der Waals surface area (Å²) in [6.07, 6.45) is 0.946. The minimum atomic E-state index is -0.512. The quantitative estimate of drug-likeness (QED) is 0.651. The highest BCUT2D eigenvalue weighted by Crippen LogP contribution is 2.30. The van der Waals surface area contributed by atoms with E-state index in [1.807, 2.05) is 25.1 Å². The average molecular weight is 371 g/mol. The van der Waals surface area contributed by atoms with Crippen molar-refractivity contribution in [2.24, 2.45) is 0 Å². The smallest absolute Gasteiger partial charge is 0.263 e. The maximum absolute atomic E-state index is 14.1. The fraction of sp³-hybridized carbons (Fsp3) is 0.300. The van der Waals surface area contributed by atoms with E-state index in [2.05, 4.69) is 24.0 Å². The van der Waals surface area contributed by atoms with E-state index in [-0.39, 0.29) is 11.5 Å². The molecule has 0 bridgehead atoms. The first kappa shape index (κ1) is 18.5. The second kappa shape index (κ2) is 7.93. The van der Waals surface area contributed by atoms with E-state index in [9.17, 15) is 9.18 Å². The van der Waals surface area contributed by atoms with Crippen molar-refractivity contribution < 1.29 is 9.18 Å². The van der Waals surface area contributed by atoms with Crippen LogP contribution in [0.4, 0.5) is 9.52 Å². The van der Waals surface area contributed by atoms with Crippen LogP contribution in [0.1, 0.15) is 22.8 Å². The first-order valence-electron chi connectivity index (χ1n) is 8.60. The number of halogens is 1. The lowest BCUT2D eigenvalue weighted by Gasteiger charge is -2.22. The molecular formula is C20H22FN3OS. The van der Waals surface area contributed by atoms with Gasteiger partial charge in [-0.3, -0.25) is 9.69 Å². The summed E-state index contributed by atoms with van der Waals surface area (Å²) >= 11 is 1.47. The lowest BCUT2D eigenvalue weighted by molar-refractivity contribution is 0.0981. The van der Waals surface area contributed by atoms with Gasteiger partial charge < -0.3 is 4.90 Å². The number of likely N-dealkylation sites (N-methyl/N-ethyl adjacent to an activating group) is 1. The zero-order valence-electron chi connectivity index (χ0n) is 15.2. The van der Waals surface area contributed by atoms with Gasteiger partial charge in [-0.2, -0.15) is 0 Å². The van der Waals surface area contributed by atoms with E-state index >= 15 is 0 Å². The molecule has 0 aliphatic heterocycles. The molecule has 0 aliphatic rings. The second-order valence-corrected chi connectivity index (χ2v) is 7.40. The van der Waals surface area contributed by atoms with Crippen molar-refractivity contribution in [2.75, 3.05) is 32.1 Å². The third kappa shape index (κ3) is 3.92. The molecular weight excluding hydrogens is 349 g/mol. The van der Waals surface area contributed by atoms with Gasteiger partial charge in [0, 0.05) is 13.1 Å². The number of rotatable bonds is 6. The van der Waals surface area contributed by atoms with Gasteiger partial charge in [-0.05, 0) is 50.3 Å². The van der Waals surface area contributed by atoms with Crippen LogP contribution < -0.4 is 4.90 Å². The van der Waals surface area contributed by atoms with Gasteiger partial charge in [0.05, 0.1) is 15.8 Å². The van der Waals surface area contributed by atoms with Gasteiger partial charge in [0.1, 0.15) is 5.82 Å². The van der Waals surface area contributed by atoms with Gasteiger partial charge in [0.2, 0.25) is 0 Å². The minimum Gasteiger partial charge on any atom is -0.308 e. The van der Waals surface area contributed by atoms with Crippen molar-refractivity contribution >= 4 is 32.6 Å². The predicted molar refractivity (Wildman–Crippen MR) is 106 cm³/mol. The summed E-state index contributed by atoms with van der Waals surface area (Å²) in [6.45, 7) is 3.21. The zero-order chi connectivity index (χ0) is 18.7. The largest absolute Gasteiger partial charge is 0.308 e. The Balaban J connectivity index is 2.00. The van der Waals surface area contributed by atoms with Crippen LogP contribution in [0.15, 0.2) is 42.5 Å². The molecule has 1 aromatic heterocycles. The molecule has 0 unspecified atom stereocenters. The average Bonchev–Trinajstić information content (AvgIpc) is 3.04. The SMILES string of the molecule is CCc1ccc2nc(N(CCN(C)C)C(=O)c3ccccc3F)sc2c1. The molecule has 0 N–H and O–H groups in total. The fourth-order valence-electron chi connectivity index (χ4n) is 2.66. The number of hydrogen-bond acceptors (Lipinski definition) is 4. The molecule has 0 fully saturated rings. The summed E-state index contributed by atoms with van der Waals surface area (Å²) in [6, 6.07) is 12.2. The lowest BCUT2D eigenvalue weighted by atomic mass is 10.2. The van der Waals surface area contributed by atoms with Crippen molar-refractivity contribution in [1.29, 1.82) is 0 Å². The highest BCUT2D eigenvalue weighted by Gasteiger charge is 2.23. The van der Waals surface area contributed by atoms with Crippen LogP contribution in [-0.2, 0) is 6.42 Å². The number of carbonyl (C=O) groups excluding carboxylic acids is 1. The molecule has 0 spiro atoms. The maximum atomic E-state index is 14.1. The summed E-state index contributed by atoms with van der Waals surface area (Å²) in [5, 5.41) is 0.600. The second-order valence-electron chi connectivity index (χ2n) is 6.39. The van der Waals surface area contributed by atoms with Crippen LogP contribution in [0.3, 0.4) is 0 Å². The molecule has 1 heterocycles. The number of hydrogen-bond donors (Lipinski definition) is 0. The number of aromatic nitrogens is 1. The Morgan fingerprint density at radius 2 is 1.92 bits per heavy atom. The molecule has 26 heavy (non-hydrogen) atoms. The topological polar surface area (TPSA) is 36.4 Å². The number of nitrogens with zero attached hydrogens (tertiary/aromatic N) is 3. The zero-order valence-corrected chi connectivity index (χ0v) is 16.0. The molecule has 3 aromatic rings. The fourth-order valence-corrected chi connectivity index (χ4v) is 3.71. The van der Waals surface area contributed by atoms with Crippen LogP contribution in [0, 0.1) is 5.82 Å². The Kier molecular flexibility index (Phi) is 5.64. The molecule has 0 aliphatic carbocycles. The number of anilines is 1. The molecule has 6 heteroatoms. The van der Waals surface area contributed by atoms with Crippen molar-refractivity contribution in [3.63, 3.8) is 0 Å². The molecule has 0 saturated carbocycles. The third-order valence-corrected chi connectivity index (χ3v) is 5.24. The first-order chi connectivity index (χ1) is 12.5. The normalized spacial score (nSPS) is 11.3. The van der Waals surface area contributed by atoms with Crippen molar-refractivity contribution in [2.45, 2.75) is 13.3 Å². The van der Waals surface area contributed by atoms with Gasteiger partial charge >= 0.3 is 0 Å². The Bertz CT molecular complexity index is 922. The first-order valence-corrected chi connectivity index (χ1v) is 9.42. The van der Waals surface area contributed by atoms with Crippen molar-refractivity contribution in [3.05, 3.63) is 59.4 Å². The Morgan fingerprint density at radius 3 is 2.62 bits per heavy atom. The van der Waals surface area contributed by atoms with E-state index in [4.69, 9.17) is 0 Å². The molecule has 1 amide bonds. The number of thiazole rings is 1. The summed E-state index contributed by atoms with van der Waals surface area (Å²) in [4.78, 5) is 21.2. The van der Waals surface area contributed by atoms with Crippen LogP contribution in [0.25, 0.3) is 10.2 Å². The maximum Gasteiger partial charge on any atom is 0.263 e.